The number of fused-ring (bicyclic) bond motifs is 9. The minimum absolute atomic E-state index is 0.0386. The number of methoxy groups -OCH3 is 2. The van der Waals surface area contributed by atoms with Crippen molar-refractivity contribution < 1.29 is 29.3 Å². The number of likely N-dealkylation sites (N-methyl/N-ethyl adjacent to an activating group) is 1. The lowest BCUT2D eigenvalue weighted by Crippen LogP contribution is -2.67. The van der Waals surface area contributed by atoms with Crippen LogP contribution in [0.4, 0.5) is 0 Å². The monoisotopic (exact) mass is 720 g/mol. The smallest absolute Gasteiger partial charge is 0.319 e. The van der Waals surface area contributed by atoms with Gasteiger partial charge in [-0.25, -0.2) is 0 Å². The number of nitrogens with zero attached hydrogens (tertiary/aromatic N) is 2. The number of aromatic nitrogens is 2. The Labute approximate surface area is 310 Å². The normalized spacial score (nSPS) is 34.3. The lowest BCUT2D eigenvalue weighted by molar-refractivity contribution is -0.169. The predicted octanol–water partition coefficient (Wildman–Crippen LogP) is 5.55. The van der Waals surface area contributed by atoms with Crippen molar-refractivity contribution in [3.63, 3.8) is 0 Å². The van der Waals surface area contributed by atoms with E-state index < -0.39 is 16.8 Å². The maximum Gasteiger partial charge on any atom is 0.319 e. The van der Waals surface area contributed by atoms with Crippen LogP contribution in [0.1, 0.15) is 73.5 Å². The van der Waals surface area contributed by atoms with Crippen LogP contribution in [0.2, 0.25) is 0 Å². The molecule has 2 unspecified atom stereocenters. The number of nitrogens with one attached hydrogen (secondary N) is 2. The summed E-state index contributed by atoms with van der Waals surface area (Å²) < 4.78 is 11.3. The molecule has 10 heteroatoms. The molecular formula is C43H52N4O6. The number of para-hydroxylation sites is 1. The highest BCUT2D eigenvalue weighted by Crippen LogP contribution is 2.58. The third-order valence-corrected chi connectivity index (χ3v) is 14.6. The number of allylic oxidation sites excluding steroid dienone is 1. The Balaban J connectivity index is 1.33. The minimum atomic E-state index is -1.23. The first-order valence-electron chi connectivity index (χ1n) is 19.5. The van der Waals surface area contributed by atoms with E-state index in [-0.39, 0.29) is 42.2 Å². The quantitative estimate of drug-likeness (QED) is 0.156. The highest BCUT2D eigenvalue weighted by molar-refractivity contribution is 5.95. The molecule has 9 atom stereocenters. The van der Waals surface area contributed by atoms with Gasteiger partial charge in [-0.05, 0) is 87.2 Å². The summed E-state index contributed by atoms with van der Waals surface area (Å²) in [6.45, 7) is 6.40. The van der Waals surface area contributed by atoms with Crippen molar-refractivity contribution in [1.82, 2.24) is 19.8 Å². The standard InChI is InChI=1S/C43H52N4O6/c1-6-24-16-23-19-42(40(50)52-4)38-28(14-15-47(20-23)39(24)42)27-12-13-33(49)35(37(27)45-38)30-17-31-25(7-2)21-46(3)34(43(31,22-48)41(51)53-5)18-29-26-10-8-9-11-32(26)44-36(29)30/h7-13,23-24,30-31,34,39,44-45,48-49H,6,14-22H2,1-5H3/b25-7-/t23-,24+,30+,31+,34+,39+,42-,43?/m1/s1. The van der Waals surface area contributed by atoms with E-state index in [1.807, 2.05) is 38.2 Å². The zero-order chi connectivity index (χ0) is 37.0. The lowest BCUT2D eigenvalue weighted by atomic mass is 9.56. The maximum absolute atomic E-state index is 14.4. The van der Waals surface area contributed by atoms with Gasteiger partial charge in [0.05, 0.1) is 26.3 Å². The number of phenols is 1. The van der Waals surface area contributed by atoms with Crippen LogP contribution in [0.25, 0.3) is 21.8 Å². The van der Waals surface area contributed by atoms with Gasteiger partial charge in [0, 0.05) is 76.8 Å². The summed E-state index contributed by atoms with van der Waals surface area (Å²) >= 11 is 0. The molecule has 6 heterocycles. The number of hydrogen-bond acceptors (Lipinski definition) is 8. The minimum Gasteiger partial charge on any atom is -0.508 e. The van der Waals surface area contributed by atoms with Crippen molar-refractivity contribution in [2.24, 2.45) is 23.2 Å². The van der Waals surface area contributed by atoms with Crippen molar-refractivity contribution >= 4 is 33.7 Å². The topological polar surface area (TPSA) is 131 Å². The Morgan fingerprint density at radius 2 is 1.83 bits per heavy atom. The van der Waals surface area contributed by atoms with Crippen molar-refractivity contribution in [3.8, 4) is 5.75 Å². The summed E-state index contributed by atoms with van der Waals surface area (Å²) in [6.07, 6.45) is 6.71. The van der Waals surface area contributed by atoms with Gasteiger partial charge in [0.15, 0.2) is 0 Å². The molecule has 4 aliphatic heterocycles. The van der Waals surface area contributed by atoms with Crippen LogP contribution < -0.4 is 0 Å². The largest absolute Gasteiger partial charge is 0.508 e. The number of hydrogen-bond donors (Lipinski definition) is 4. The molecule has 6 aliphatic rings. The highest BCUT2D eigenvalue weighted by atomic mass is 16.5. The van der Waals surface area contributed by atoms with Gasteiger partial charge in [-0.2, -0.15) is 0 Å². The number of aliphatic hydroxyl groups excluding tert-OH is 1. The molecule has 10 nitrogen and oxygen atoms in total. The second kappa shape index (κ2) is 12.5. The van der Waals surface area contributed by atoms with Crippen LogP contribution >= 0.6 is 0 Å². The van der Waals surface area contributed by atoms with Crippen LogP contribution in [-0.4, -0.2) is 102 Å². The fourth-order valence-electron chi connectivity index (χ4n) is 12.5. The van der Waals surface area contributed by atoms with E-state index in [1.54, 1.807) is 0 Å². The third kappa shape index (κ3) is 4.55. The average molecular weight is 721 g/mol. The van der Waals surface area contributed by atoms with Crippen LogP contribution in [0.15, 0.2) is 48.0 Å². The summed E-state index contributed by atoms with van der Waals surface area (Å²) in [5.41, 5.74) is 5.72. The highest BCUT2D eigenvalue weighted by Gasteiger charge is 2.63. The summed E-state index contributed by atoms with van der Waals surface area (Å²) in [5.74, 6) is -0.413. The molecule has 4 aromatic rings. The molecule has 2 aromatic heterocycles. The van der Waals surface area contributed by atoms with Crippen LogP contribution in [0.3, 0.4) is 0 Å². The maximum atomic E-state index is 14.4. The Morgan fingerprint density at radius 3 is 2.57 bits per heavy atom. The van der Waals surface area contributed by atoms with E-state index in [0.717, 1.165) is 94.2 Å². The van der Waals surface area contributed by atoms with E-state index in [0.29, 0.717) is 31.2 Å². The Hall–Kier alpha value is -4.12. The van der Waals surface area contributed by atoms with Crippen molar-refractivity contribution in [1.29, 1.82) is 0 Å². The van der Waals surface area contributed by atoms with Crippen LogP contribution in [0.5, 0.6) is 5.75 Å². The second-order valence-corrected chi connectivity index (χ2v) is 16.6. The summed E-state index contributed by atoms with van der Waals surface area (Å²) in [7, 11) is 4.96. The van der Waals surface area contributed by atoms with Crippen LogP contribution in [0, 0.1) is 23.2 Å². The molecular weight excluding hydrogens is 668 g/mol. The van der Waals surface area contributed by atoms with E-state index in [1.165, 1.54) is 14.2 Å². The number of esters is 2. The zero-order valence-electron chi connectivity index (χ0n) is 31.5. The number of piperidine rings is 3. The van der Waals surface area contributed by atoms with Crippen molar-refractivity contribution in [2.75, 3.05) is 47.5 Å². The van der Waals surface area contributed by atoms with Gasteiger partial charge in [0.2, 0.25) is 0 Å². The number of rotatable bonds is 5. The van der Waals surface area contributed by atoms with E-state index >= 15 is 0 Å². The molecule has 1 saturated carbocycles. The zero-order valence-corrected chi connectivity index (χ0v) is 31.5. The van der Waals surface area contributed by atoms with Crippen molar-refractivity contribution in [2.45, 2.75) is 75.8 Å². The Kier molecular flexibility index (Phi) is 8.15. The van der Waals surface area contributed by atoms with E-state index in [4.69, 9.17) is 9.47 Å². The van der Waals surface area contributed by atoms with Gasteiger partial charge in [-0.3, -0.25) is 19.4 Å². The van der Waals surface area contributed by atoms with Gasteiger partial charge >= 0.3 is 11.9 Å². The second-order valence-electron chi connectivity index (χ2n) is 16.6. The number of carbonyl (C=O) groups excluding carboxylic acids is 2. The molecule has 10 rings (SSSR count). The molecule has 2 aromatic carbocycles. The van der Waals surface area contributed by atoms with Gasteiger partial charge in [0.1, 0.15) is 16.6 Å². The van der Waals surface area contributed by atoms with Gasteiger partial charge < -0.3 is 29.7 Å². The average Bonchev–Trinajstić information content (AvgIpc) is 3.71. The fourth-order valence-corrected chi connectivity index (χ4v) is 12.5. The summed E-state index contributed by atoms with van der Waals surface area (Å²) in [5, 5.41) is 25.7. The number of aromatic amines is 2. The Morgan fingerprint density at radius 1 is 1.04 bits per heavy atom. The first kappa shape index (κ1) is 34.6. The molecule has 280 valence electrons. The molecule has 2 aliphatic carbocycles. The van der Waals surface area contributed by atoms with E-state index in [9.17, 15) is 19.8 Å². The number of aromatic hydroxyl groups is 1. The number of H-pyrrole nitrogens is 2. The molecule has 3 saturated heterocycles. The first-order chi connectivity index (χ1) is 25.7. The van der Waals surface area contributed by atoms with Gasteiger partial charge in [-0.1, -0.05) is 43.2 Å². The molecule has 0 spiro atoms. The third-order valence-electron chi connectivity index (χ3n) is 14.6. The van der Waals surface area contributed by atoms with E-state index in [2.05, 4.69) is 44.9 Å². The molecule has 0 amide bonds. The van der Waals surface area contributed by atoms with Crippen molar-refractivity contribution in [3.05, 3.63) is 76.1 Å². The molecule has 6 bridgehead atoms. The SMILES string of the molecule is C/C=C1/CN(C)[C@H]2Cc3c([nH]c4ccccc34)[C@H](c3c(O)ccc4c5c([nH]c34)[C@]3(C(=O)OC)C[C@H]4C[C@H](CC)[C@@H]3N(CC5)C4)C[C@@H]1C2(CO)C(=O)OC. The molecule has 4 N–H and O–H groups in total. The number of benzene rings is 2. The Bertz CT molecular complexity index is 2170. The summed E-state index contributed by atoms with van der Waals surface area (Å²) in [6, 6.07) is 11.8. The number of carbonyl (C=O) groups is 2. The molecule has 0 radical (unpaired) electrons. The fraction of sp³-hybridized carbons (Fsp3) is 0.535. The molecule has 53 heavy (non-hydrogen) atoms. The predicted molar refractivity (Wildman–Crippen MR) is 203 cm³/mol. The van der Waals surface area contributed by atoms with Crippen LogP contribution in [-0.2, 0) is 37.3 Å². The number of phenolic OH excluding ortho intramolecular Hbond substituents is 1. The first-order valence-corrected chi connectivity index (χ1v) is 19.5. The lowest BCUT2D eigenvalue weighted by Gasteiger charge is -2.57. The van der Waals surface area contributed by atoms with Gasteiger partial charge in [0.25, 0.3) is 0 Å². The van der Waals surface area contributed by atoms with Gasteiger partial charge in [-0.15, -0.1) is 0 Å². The number of ether oxygens (including phenoxy) is 2. The number of aliphatic hydroxyl groups is 1. The number of likely N-dealkylation sites (tertiary alicyclic amines) is 1. The molecule has 4 fully saturated rings. The summed E-state index contributed by atoms with van der Waals surface area (Å²) in [4.78, 5) is 41.0.